The van der Waals surface area contributed by atoms with Crippen LogP contribution in [0.2, 0.25) is 0 Å². The number of aliphatic hydroxyl groups excluding tert-OH is 9. The molecule has 26 nitrogen and oxygen atoms in total. The summed E-state index contributed by atoms with van der Waals surface area (Å²) in [6, 6.07) is 3.14. The van der Waals surface area contributed by atoms with Gasteiger partial charge in [0.2, 0.25) is 5.95 Å². The molecule has 4 aromatic rings. The topological polar surface area (TPSA) is 379 Å². The molecule has 1 fully saturated rings. The normalized spacial score (nSPS) is 18.0. The number of imidazole rings is 1. The Morgan fingerprint density at radius 1 is 0.986 bits per heavy atom. The number of anilines is 2. The molecule has 1 aliphatic heterocycles. The number of nitrogens with two attached hydrogens (primary N) is 1. The fraction of sp³-hybridized carbons (Fsp3) is 0.667. The minimum atomic E-state index is -2.82. The van der Waals surface area contributed by atoms with Crippen LogP contribution < -0.4 is 27.2 Å². The van der Waals surface area contributed by atoms with Crippen LogP contribution in [0.1, 0.15) is 67.9 Å². The summed E-state index contributed by atoms with van der Waals surface area (Å²) in [5.74, 6) is 6.21. The monoisotopic (exact) mass is 1000 g/mol. The predicted molar refractivity (Wildman–Crippen MR) is 256 cm³/mol. The van der Waals surface area contributed by atoms with Crippen molar-refractivity contribution in [3.8, 4) is 11.8 Å². The molecule has 13 N–H and O–H groups in total. The number of esters is 1. The minimum absolute atomic E-state index is 0.0128. The number of hydrogen-bond donors (Lipinski definition) is 12. The maximum atomic E-state index is 14.6. The molecule has 1 saturated heterocycles. The summed E-state index contributed by atoms with van der Waals surface area (Å²) >= 11 is 0. The number of carbonyl (C=O) groups excluding carboxylic acids is 1. The van der Waals surface area contributed by atoms with Crippen LogP contribution in [0.5, 0.6) is 0 Å². The van der Waals surface area contributed by atoms with Gasteiger partial charge in [-0.3, -0.25) is 28.1 Å². The smallest absolute Gasteiger partial charge is 0.339 e. The molecule has 71 heavy (non-hydrogen) atoms. The highest BCUT2D eigenvalue weighted by molar-refractivity contribution is 5.89. The Labute approximate surface area is 409 Å². The Balaban J connectivity index is 1.39. The number of piperidine rings is 1. The number of ether oxygens (including phenoxy) is 1. The van der Waals surface area contributed by atoms with Crippen LogP contribution in [-0.4, -0.2) is 208 Å². The second-order valence-corrected chi connectivity index (χ2v) is 18.0. The fourth-order valence-electron chi connectivity index (χ4n) is 8.53. The van der Waals surface area contributed by atoms with E-state index in [0.717, 1.165) is 43.1 Å². The van der Waals surface area contributed by atoms with E-state index in [9.17, 15) is 65.4 Å². The molecule has 4 aromatic heterocycles. The summed E-state index contributed by atoms with van der Waals surface area (Å²) in [5.41, 5.74) is 1.99. The minimum Gasteiger partial charge on any atom is -0.465 e. The lowest BCUT2D eigenvalue weighted by molar-refractivity contribution is -0.175. The van der Waals surface area contributed by atoms with Gasteiger partial charge in [-0.05, 0) is 44.7 Å². The molecule has 0 aromatic carbocycles. The molecule has 0 radical (unpaired) electrons. The molecule has 5 rings (SSSR count). The van der Waals surface area contributed by atoms with Gasteiger partial charge in [-0.1, -0.05) is 30.4 Å². The Morgan fingerprint density at radius 3 is 2.34 bits per heavy atom. The molecule has 0 unspecified atom stereocenters. The van der Waals surface area contributed by atoms with E-state index in [1.54, 1.807) is 29.9 Å². The number of rotatable bonds is 28. The van der Waals surface area contributed by atoms with Gasteiger partial charge in [-0.15, -0.1) is 11.0 Å². The van der Waals surface area contributed by atoms with Gasteiger partial charge in [0.05, 0.1) is 50.8 Å². The van der Waals surface area contributed by atoms with E-state index < -0.39 is 98.4 Å². The number of nitrogens with one attached hydrogen (secondary N) is 1. The van der Waals surface area contributed by atoms with Gasteiger partial charge < -0.3 is 71.8 Å². The maximum Gasteiger partial charge on any atom is 0.339 e. The number of fused-ring (bicyclic) bond motifs is 1. The molecule has 394 valence electrons. The predicted octanol–water partition coefficient (Wildman–Crippen LogP) is -4.57. The van der Waals surface area contributed by atoms with Crippen molar-refractivity contribution in [3.63, 3.8) is 0 Å². The highest BCUT2D eigenvalue weighted by Gasteiger charge is 2.46. The van der Waals surface area contributed by atoms with Crippen molar-refractivity contribution in [3.05, 3.63) is 56.6 Å². The zero-order valence-corrected chi connectivity index (χ0v) is 40.3. The molecule has 0 spiro atoms. The van der Waals surface area contributed by atoms with E-state index in [-0.39, 0.29) is 36.0 Å². The standard InChI is InChI=1S/C45H70N12O14/c1-4-5-18-56-35-40(49-43(56)54-16-11-12-29(46)20-54)52(2)44(69)57(41(35)67)27-45(70,39(66)38(65)33(62)25-59)26-53(23-31(60)36(63)37(64)32(61)24-58)21-30-22-55(51-50-30)17-10-8-6-7-9-15-47-34-14-13-28(19-48-34)42(68)71-3/h13-14,19,22,29,31-33,36-39,58-66,70H,6-12,15-18,20-21,23-27,46H2,1-3H3,(H,47,48)/t29-,31+,32-,33-,36-,37-,38-,39-,45+/m1/s1. The third-order valence-corrected chi connectivity index (χ3v) is 12.5. The van der Waals surface area contributed by atoms with Gasteiger partial charge in [0, 0.05) is 71.3 Å². The summed E-state index contributed by atoms with van der Waals surface area (Å²) in [4.78, 5) is 52.4. The zero-order chi connectivity index (χ0) is 52.0. The van der Waals surface area contributed by atoms with Crippen LogP contribution in [0.3, 0.4) is 0 Å². The Hall–Kier alpha value is -5.41. The lowest BCUT2D eigenvalue weighted by atomic mass is 9.88. The maximum absolute atomic E-state index is 14.6. The molecule has 1 aliphatic rings. The lowest BCUT2D eigenvalue weighted by Gasteiger charge is -2.41. The highest BCUT2D eigenvalue weighted by Crippen LogP contribution is 2.25. The van der Waals surface area contributed by atoms with Gasteiger partial charge in [0.1, 0.15) is 48.0 Å². The molecular formula is C45H70N12O14. The third-order valence-electron chi connectivity index (χ3n) is 12.5. The number of carbonyl (C=O) groups is 1. The first-order valence-corrected chi connectivity index (χ1v) is 23.6. The van der Waals surface area contributed by atoms with Crippen LogP contribution in [0.15, 0.2) is 34.1 Å². The number of nitrogens with zero attached hydrogens (tertiary/aromatic N) is 10. The van der Waals surface area contributed by atoms with Crippen molar-refractivity contribution in [2.24, 2.45) is 12.8 Å². The number of pyridine rings is 1. The van der Waals surface area contributed by atoms with E-state index in [1.807, 2.05) is 4.90 Å². The summed E-state index contributed by atoms with van der Waals surface area (Å²) < 4.78 is 9.47. The fourth-order valence-corrected chi connectivity index (χ4v) is 8.53. The first kappa shape index (κ1) is 56.5. The Morgan fingerprint density at radius 2 is 1.68 bits per heavy atom. The zero-order valence-electron chi connectivity index (χ0n) is 40.3. The number of hydrogen-bond acceptors (Lipinski definition) is 22. The summed E-state index contributed by atoms with van der Waals surface area (Å²) in [7, 11) is 2.65. The lowest BCUT2D eigenvalue weighted by Crippen LogP contribution is -2.63. The van der Waals surface area contributed by atoms with Crippen molar-refractivity contribution in [2.45, 2.75) is 132 Å². The molecule has 0 saturated carbocycles. The van der Waals surface area contributed by atoms with Crippen molar-refractivity contribution in [1.29, 1.82) is 0 Å². The molecule has 0 bridgehead atoms. The summed E-state index contributed by atoms with van der Waals surface area (Å²) in [5, 5.41) is 119. The van der Waals surface area contributed by atoms with Crippen LogP contribution >= 0.6 is 0 Å². The number of methoxy groups -OCH3 is 1. The molecule has 0 amide bonds. The van der Waals surface area contributed by atoms with E-state index >= 15 is 0 Å². The molecular weight excluding hydrogens is 933 g/mol. The van der Waals surface area contributed by atoms with Gasteiger partial charge in [0.15, 0.2) is 11.2 Å². The number of unbranched alkanes of at least 4 members (excludes halogenated alkanes) is 4. The second kappa shape index (κ2) is 26.3. The van der Waals surface area contributed by atoms with Crippen molar-refractivity contribution < 1.29 is 60.6 Å². The van der Waals surface area contributed by atoms with Crippen molar-refractivity contribution in [2.75, 3.05) is 63.3 Å². The first-order valence-electron chi connectivity index (χ1n) is 23.6. The molecule has 9 atom stereocenters. The third kappa shape index (κ3) is 14.4. The van der Waals surface area contributed by atoms with Crippen molar-refractivity contribution >= 4 is 28.9 Å². The largest absolute Gasteiger partial charge is 0.465 e. The van der Waals surface area contributed by atoms with E-state index in [4.69, 9.17) is 10.5 Å². The van der Waals surface area contributed by atoms with Crippen LogP contribution in [-0.2, 0) is 38.0 Å². The summed E-state index contributed by atoms with van der Waals surface area (Å²) in [6.45, 7) is -1.30. The second-order valence-electron chi connectivity index (χ2n) is 18.0. The number of aliphatic hydroxyl groups is 10. The average Bonchev–Trinajstić information content (AvgIpc) is 3.99. The van der Waals surface area contributed by atoms with Crippen LogP contribution in [0, 0.1) is 11.8 Å². The summed E-state index contributed by atoms with van der Waals surface area (Å²) in [6.07, 6.45) is -5.91. The Kier molecular flexibility index (Phi) is 21.0. The molecule has 26 heteroatoms. The number of aromatic nitrogens is 8. The van der Waals surface area contributed by atoms with Crippen LogP contribution in [0.4, 0.5) is 11.8 Å². The van der Waals surface area contributed by atoms with E-state index in [1.165, 1.54) is 29.8 Å². The van der Waals surface area contributed by atoms with Gasteiger partial charge >= 0.3 is 11.7 Å². The van der Waals surface area contributed by atoms with Crippen molar-refractivity contribution in [1.82, 2.24) is 43.6 Å². The molecule has 0 aliphatic carbocycles. The van der Waals surface area contributed by atoms with Crippen LogP contribution in [0.25, 0.3) is 11.2 Å². The van der Waals surface area contributed by atoms with E-state index in [0.29, 0.717) is 54.5 Å². The molecule has 5 heterocycles. The number of aryl methyl sites for hydroxylation is 2. The quantitative estimate of drug-likeness (QED) is 0.0145. The van der Waals surface area contributed by atoms with Gasteiger partial charge in [-0.25, -0.2) is 14.6 Å². The Bertz CT molecular complexity index is 2510. The van der Waals surface area contributed by atoms with Gasteiger partial charge in [0.25, 0.3) is 5.56 Å². The first-order chi connectivity index (χ1) is 33.9. The average molecular weight is 1000 g/mol. The van der Waals surface area contributed by atoms with Gasteiger partial charge in [-0.2, -0.15) is 4.98 Å². The van der Waals surface area contributed by atoms with E-state index in [2.05, 4.69) is 37.4 Å². The highest BCUT2D eigenvalue weighted by atomic mass is 16.5. The SMILES string of the molecule is CC#CCn1c(N2CCC[C@@H](N)C2)nc2c1c(=O)n(C[C@@](O)(CN(Cc1cn(CCCCCCCNc3ccc(C(=O)OC)cn3)nn1)C[C@H](O)[C@@H](O)[C@H](O)[C@H](O)CO)[C@H](O)[C@H](O)[C@H](O)CO)c(=O)n2C.